The summed E-state index contributed by atoms with van der Waals surface area (Å²) in [6.07, 6.45) is -2.25. The number of amides is 1. The maximum atomic E-state index is 13.0. The van der Waals surface area contributed by atoms with E-state index < -0.39 is 35.9 Å². The van der Waals surface area contributed by atoms with Crippen LogP contribution < -0.4 is 10.6 Å². The minimum absolute atomic E-state index is 0.0582. The number of thioether (sulfide) groups is 2. The number of halogens is 2. The lowest BCUT2D eigenvalue weighted by molar-refractivity contribution is -0.208. The van der Waals surface area contributed by atoms with E-state index in [0.717, 1.165) is 11.3 Å². The summed E-state index contributed by atoms with van der Waals surface area (Å²) in [5.41, 5.74) is 0.322. The van der Waals surface area contributed by atoms with Crippen LogP contribution in [0.5, 0.6) is 0 Å². The third kappa shape index (κ3) is 6.71. The normalized spacial score (nSPS) is 33.3. The van der Waals surface area contributed by atoms with Gasteiger partial charge in [0.25, 0.3) is 0 Å². The van der Waals surface area contributed by atoms with Gasteiger partial charge in [0.2, 0.25) is 5.91 Å². The molecule has 5 N–H and O–H groups in total. The van der Waals surface area contributed by atoms with Crippen LogP contribution in [0.1, 0.15) is 25.8 Å². The first-order chi connectivity index (χ1) is 15.6. The Morgan fingerprint density at radius 2 is 1.97 bits per heavy atom. The van der Waals surface area contributed by atoms with Crippen LogP contribution in [0.3, 0.4) is 0 Å². The second kappa shape index (κ2) is 12.1. The van der Waals surface area contributed by atoms with Crippen molar-refractivity contribution in [1.29, 1.82) is 0 Å². The zero-order chi connectivity index (χ0) is 24.3. The van der Waals surface area contributed by atoms with Gasteiger partial charge in [-0.25, -0.2) is 0 Å². The van der Waals surface area contributed by atoms with E-state index in [0.29, 0.717) is 23.0 Å². The summed E-state index contributed by atoms with van der Waals surface area (Å²) in [5, 5.41) is 38.7. The van der Waals surface area contributed by atoms with Gasteiger partial charge in [0.15, 0.2) is 0 Å². The van der Waals surface area contributed by atoms with Crippen molar-refractivity contribution in [3.05, 3.63) is 33.8 Å². The molecule has 1 aromatic carbocycles. The zero-order valence-electron chi connectivity index (χ0n) is 18.8. The van der Waals surface area contributed by atoms with Gasteiger partial charge in [0.05, 0.1) is 12.1 Å². The molecule has 2 aliphatic rings. The predicted octanol–water partition coefficient (Wildman–Crippen LogP) is 2.27. The third-order valence-corrected chi connectivity index (χ3v) is 8.87. The first-order valence-electron chi connectivity index (χ1n) is 10.9. The van der Waals surface area contributed by atoms with Gasteiger partial charge in [-0.1, -0.05) is 43.1 Å². The van der Waals surface area contributed by atoms with Crippen molar-refractivity contribution in [2.45, 2.75) is 73.2 Å². The SMILES string of the molecule is CSC1OC(C(NC(=O)C2CC(SCc3ccc(Cl)cc3Cl)CN2)C(C)C)C(O)C(O)C1O. The number of nitrogens with one attached hydrogen (secondary N) is 2. The summed E-state index contributed by atoms with van der Waals surface area (Å²) in [6, 6.07) is 4.58. The van der Waals surface area contributed by atoms with E-state index in [1.807, 2.05) is 26.0 Å². The standard InChI is InChI=1S/C22H32Cl2N2O5S2/c1-10(2)16(20-18(28)17(27)19(29)22(31-20)32-3)26-21(30)15-7-13(8-25-15)33-9-11-4-5-12(23)6-14(11)24/h4-6,10,13,15-20,22,25,27-29H,7-9H2,1-3H3,(H,26,30). The summed E-state index contributed by atoms with van der Waals surface area (Å²) in [5.74, 6) is 0.500. The molecule has 7 nitrogen and oxygen atoms in total. The summed E-state index contributed by atoms with van der Waals surface area (Å²) in [7, 11) is 0. The molecule has 8 atom stereocenters. The fourth-order valence-corrected chi connectivity index (χ4v) is 6.58. The highest BCUT2D eigenvalue weighted by atomic mass is 35.5. The van der Waals surface area contributed by atoms with Crippen molar-refractivity contribution in [3.8, 4) is 0 Å². The Balaban J connectivity index is 1.57. The van der Waals surface area contributed by atoms with E-state index in [2.05, 4.69) is 10.6 Å². The number of aliphatic hydroxyl groups excluding tert-OH is 3. The second-order valence-electron chi connectivity index (χ2n) is 8.82. The van der Waals surface area contributed by atoms with Crippen molar-refractivity contribution < 1.29 is 24.9 Å². The smallest absolute Gasteiger partial charge is 0.237 e. The molecular formula is C22H32Cl2N2O5S2. The van der Waals surface area contributed by atoms with E-state index in [-0.39, 0.29) is 23.1 Å². The van der Waals surface area contributed by atoms with E-state index in [1.54, 1.807) is 24.1 Å². The number of carbonyl (C=O) groups excluding carboxylic acids is 1. The topological polar surface area (TPSA) is 111 Å². The lowest BCUT2D eigenvalue weighted by atomic mass is 9.88. The largest absolute Gasteiger partial charge is 0.388 e. The molecule has 0 aliphatic carbocycles. The second-order valence-corrected chi connectivity index (χ2v) is 11.9. The van der Waals surface area contributed by atoms with Gasteiger partial charge < -0.3 is 30.7 Å². The van der Waals surface area contributed by atoms with Crippen LogP contribution in [0.15, 0.2) is 18.2 Å². The molecule has 0 bridgehead atoms. The molecule has 33 heavy (non-hydrogen) atoms. The van der Waals surface area contributed by atoms with Gasteiger partial charge in [-0.3, -0.25) is 4.79 Å². The highest BCUT2D eigenvalue weighted by Crippen LogP contribution is 2.32. The minimum Gasteiger partial charge on any atom is -0.388 e. The molecule has 11 heteroatoms. The fourth-order valence-electron chi connectivity index (χ4n) is 4.13. The molecule has 2 aliphatic heterocycles. The van der Waals surface area contributed by atoms with Gasteiger partial charge in [0.1, 0.15) is 29.9 Å². The number of hydrogen-bond acceptors (Lipinski definition) is 8. The highest BCUT2D eigenvalue weighted by molar-refractivity contribution is 7.99. The number of aliphatic hydroxyl groups is 3. The van der Waals surface area contributed by atoms with Crippen molar-refractivity contribution >= 4 is 52.6 Å². The Bertz CT molecular complexity index is 819. The van der Waals surface area contributed by atoms with Crippen molar-refractivity contribution in [2.75, 3.05) is 12.8 Å². The van der Waals surface area contributed by atoms with Crippen LogP contribution in [0.2, 0.25) is 10.0 Å². The van der Waals surface area contributed by atoms with E-state index in [9.17, 15) is 20.1 Å². The fraction of sp³-hybridized carbons (Fsp3) is 0.682. The Hall–Kier alpha value is -0.230. The molecule has 0 radical (unpaired) electrons. The summed E-state index contributed by atoms with van der Waals surface area (Å²) < 4.78 is 5.89. The van der Waals surface area contributed by atoms with Crippen LogP contribution in [0.25, 0.3) is 0 Å². The van der Waals surface area contributed by atoms with Crippen LogP contribution in [-0.4, -0.2) is 81.2 Å². The molecule has 3 rings (SSSR count). The summed E-state index contributed by atoms with van der Waals surface area (Å²) in [4.78, 5) is 13.0. The predicted molar refractivity (Wildman–Crippen MR) is 135 cm³/mol. The van der Waals surface area contributed by atoms with E-state index >= 15 is 0 Å². The van der Waals surface area contributed by atoms with E-state index in [1.165, 1.54) is 11.8 Å². The van der Waals surface area contributed by atoms with Gasteiger partial charge >= 0.3 is 0 Å². The van der Waals surface area contributed by atoms with Crippen molar-refractivity contribution in [3.63, 3.8) is 0 Å². The average molecular weight is 540 g/mol. The van der Waals surface area contributed by atoms with Crippen molar-refractivity contribution in [1.82, 2.24) is 10.6 Å². The molecule has 2 heterocycles. The Kier molecular flexibility index (Phi) is 10.1. The third-order valence-electron chi connectivity index (χ3n) is 6.12. The van der Waals surface area contributed by atoms with Gasteiger partial charge in [-0.05, 0) is 36.3 Å². The maximum absolute atomic E-state index is 13.0. The number of carbonyl (C=O) groups is 1. The molecule has 0 spiro atoms. The first kappa shape index (κ1) is 27.4. The van der Waals surface area contributed by atoms with Crippen LogP contribution in [0, 0.1) is 5.92 Å². The minimum atomic E-state index is -1.34. The quantitative estimate of drug-likeness (QED) is 0.342. The van der Waals surface area contributed by atoms with Crippen LogP contribution in [-0.2, 0) is 15.3 Å². The molecule has 0 saturated carbocycles. The number of rotatable bonds is 8. The van der Waals surface area contributed by atoms with Gasteiger partial charge in [0, 0.05) is 27.6 Å². The molecule has 8 unspecified atom stereocenters. The zero-order valence-corrected chi connectivity index (χ0v) is 21.9. The lowest BCUT2D eigenvalue weighted by Gasteiger charge is -2.44. The Morgan fingerprint density at radius 3 is 2.61 bits per heavy atom. The number of benzene rings is 1. The highest BCUT2D eigenvalue weighted by Gasteiger charge is 2.47. The molecular weight excluding hydrogens is 507 g/mol. The molecule has 0 aromatic heterocycles. The Morgan fingerprint density at radius 1 is 1.24 bits per heavy atom. The average Bonchev–Trinajstić information content (AvgIpc) is 3.25. The van der Waals surface area contributed by atoms with E-state index in [4.69, 9.17) is 27.9 Å². The van der Waals surface area contributed by atoms with Gasteiger partial charge in [-0.2, -0.15) is 11.8 Å². The summed E-state index contributed by atoms with van der Waals surface area (Å²) in [6.45, 7) is 4.54. The molecule has 186 valence electrons. The van der Waals surface area contributed by atoms with Gasteiger partial charge in [-0.15, -0.1) is 11.8 Å². The van der Waals surface area contributed by atoms with Crippen LogP contribution >= 0.6 is 46.7 Å². The molecule has 2 saturated heterocycles. The first-order valence-corrected chi connectivity index (χ1v) is 14.0. The monoisotopic (exact) mass is 538 g/mol. The number of ether oxygens (including phenoxy) is 1. The molecule has 1 amide bonds. The molecule has 1 aromatic rings. The lowest BCUT2D eigenvalue weighted by Crippen LogP contribution is -2.64. The molecule has 2 fully saturated rings. The number of hydrogen-bond donors (Lipinski definition) is 5. The van der Waals surface area contributed by atoms with Crippen LogP contribution in [0.4, 0.5) is 0 Å². The van der Waals surface area contributed by atoms with Crippen molar-refractivity contribution in [2.24, 2.45) is 5.92 Å². The summed E-state index contributed by atoms with van der Waals surface area (Å²) >= 11 is 15.2. The Labute approximate surface area is 213 Å². The maximum Gasteiger partial charge on any atom is 0.237 e.